The topological polar surface area (TPSA) is 75.3 Å². The number of carbonyl (C=O) groups is 1. The second kappa shape index (κ2) is 6.51. The number of hydrogen-bond donors (Lipinski definition) is 3. The van der Waals surface area contributed by atoms with Crippen LogP contribution in [0.5, 0.6) is 0 Å². The third-order valence-electron chi connectivity index (χ3n) is 2.19. The number of nitrogens with two attached hydrogens (primary N) is 1. The Morgan fingerprint density at radius 3 is 2.82 bits per heavy atom. The van der Waals surface area contributed by atoms with Crippen LogP contribution in [0.4, 0.5) is 5.69 Å². The normalized spacial score (nSPS) is 12.2. The van der Waals surface area contributed by atoms with E-state index in [9.17, 15) is 4.79 Å². The summed E-state index contributed by atoms with van der Waals surface area (Å²) in [5, 5.41) is 11.8. The number of aliphatic hydroxyl groups excluding tert-OH is 1. The third-order valence-corrected chi connectivity index (χ3v) is 3.37. The van der Waals surface area contributed by atoms with Crippen LogP contribution in [0.15, 0.2) is 23.1 Å². The van der Waals surface area contributed by atoms with Crippen molar-refractivity contribution in [3.05, 3.63) is 23.8 Å². The molecule has 0 heterocycles. The van der Waals surface area contributed by atoms with Gasteiger partial charge in [-0.15, -0.1) is 11.8 Å². The average molecular weight is 254 g/mol. The molecule has 0 aromatic heterocycles. The predicted molar refractivity (Wildman–Crippen MR) is 71.3 cm³/mol. The molecule has 0 saturated carbocycles. The largest absolute Gasteiger partial charge is 0.398 e. The van der Waals surface area contributed by atoms with Gasteiger partial charge < -0.3 is 16.2 Å². The maximum atomic E-state index is 11.6. The number of aliphatic hydroxyl groups is 1. The van der Waals surface area contributed by atoms with Gasteiger partial charge in [0.1, 0.15) is 0 Å². The fourth-order valence-corrected chi connectivity index (χ4v) is 2.16. The fraction of sp³-hybridized carbons (Fsp3) is 0.417. The molecule has 17 heavy (non-hydrogen) atoms. The molecule has 0 aliphatic heterocycles. The first-order valence-electron chi connectivity index (χ1n) is 5.53. The molecule has 1 aromatic rings. The Morgan fingerprint density at radius 2 is 2.29 bits per heavy atom. The Balaban J connectivity index is 2.82. The van der Waals surface area contributed by atoms with Gasteiger partial charge in [0.15, 0.2) is 0 Å². The zero-order valence-electron chi connectivity index (χ0n) is 10.1. The zero-order chi connectivity index (χ0) is 12.8. The van der Waals surface area contributed by atoms with Crippen molar-refractivity contribution < 1.29 is 9.90 Å². The quantitative estimate of drug-likeness (QED) is 0.550. The van der Waals surface area contributed by atoms with E-state index in [1.54, 1.807) is 12.1 Å². The van der Waals surface area contributed by atoms with E-state index in [1.807, 2.05) is 19.9 Å². The van der Waals surface area contributed by atoms with Gasteiger partial charge in [0, 0.05) is 27.9 Å². The van der Waals surface area contributed by atoms with Crippen molar-refractivity contribution in [1.29, 1.82) is 0 Å². The summed E-state index contributed by atoms with van der Waals surface area (Å²) in [5.74, 6) is -0.119. The van der Waals surface area contributed by atoms with Crippen LogP contribution in [0.2, 0.25) is 0 Å². The summed E-state index contributed by atoms with van der Waals surface area (Å²) in [6.07, 6.45) is 0. The Hall–Kier alpha value is -1.20. The molecule has 4 nitrogen and oxygen atoms in total. The number of nitrogen functional groups attached to an aromatic ring is 1. The summed E-state index contributed by atoms with van der Waals surface area (Å²) in [4.78, 5) is 12.5. The van der Waals surface area contributed by atoms with Crippen LogP contribution in [-0.2, 0) is 0 Å². The summed E-state index contributed by atoms with van der Waals surface area (Å²) < 4.78 is 0. The van der Waals surface area contributed by atoms with Crippen molar-refractivity contribution in [2.45, 2.75) is 24.0 Å². The smallest absolute Gasteiger partial charge is 0.251 e. The SMILES string of the molecule is CCNC(=O)c1ccc(SC(C)CO)c(N)c1. The number of hydrogen-bond acceptors (Lipinski definition) is 4. The van der Waals surface area contributed by atoms with E-state index in [2.05, 4.69) is 5.32 Å². The molecule has 0 aliphatic carbocycles. The summed E-state index contributed by atoms with van der Waals surface area (Å²) in [5.41, 5.74) is 7.00. The summed E-state index contributed by atoms with van der Waals surface area (Å²) in [7, 11) is 0. The first kappa shape index (κ1) is 13.9. The van der Waals surface area contributed by atoms with Crippen LogP contribution in [0.25, 0.3) is 0 Å². The molecule has 0 saturated heterocycles. The van der Waals surface area contributed by atoms with E-state index in [1.165, 1.54) is 11.8 Å². The number of benzene rings is 1. The van der Waals surface area contributed by atoms with E-state index in [4.69, 9.17) is 10.8 Å². The van der Waals surface area contributed by atoms with Gasteiger partial charge in [-0.1, -0.05) is 6.92 Å². The summed E-state index contributed by atoms with van der Waals surface area (Å²) in [6, 6.07) is 5.22. The van der Waals surface area contributed by atoms with Gasteiger partial charge in [-0.3, -0.25) is 4.79 Å². The van der Waals surface area contributed by atoms with E-state index >= 15 is 0 Å². The number of rotatable bonds is 5. The first-order valence-corrected chi connectivity index (χ1v) is 6.41. The number of thioether (sulfide) groups is 1. The highest BCUT2D eigenvalue weighted by Gasteiger charge is 2.09. The zero-order valence-corrected chi connectivity index (χ0v) is 10.9. The van der Waals surface area contributed by atoms with Crippen LogP contribution < -0.4 is 11.1 Å². The molecule has 0 bridgehead atoms. The maximum absolute atomic E-state index is 11.6. The molecular formula is C12H18N2O2S. The van der Waals surface area contributed by atoms with Crippen LogP contribution in [0.1, 0.15) is 24.2 Å². The monoisotopic (exact) mass is 254 g/mol. The van der Waals surface area contributed by atoms with E-state index in [-0.39, 0.29) is 17.8 Å². The third kappa shape index (κ3) is 3.94. The highest BCUT2D eigenvalue weighted by atomic mass is 32.2. The Labute approximate surface area is 106 Å². The molecule has 1 aromatic carbocycles. The lowest BCUT2D eigenvalue weighted by Crippen LogP contribution is -2.22. The second-order valence-corrected chi connectivity index (χ2v) is 5.20. The van der Waals surface area contributed by atoms with Crippen molar-refractivity contribution >= 4 is 23.4 Å². The minimum absolute atomic E-state index is 0.0904. The van der Waals surface area contributed by atoms with Crippen molar-refractivity contribution in [3.63, 3.8) is 0 Å². The van der Waals surface area contributed by atoms with Crippen molar-refractivity contribution in [2.75, 3.05) is 18.9 Å². The van der Waals surface area contributed by atoms with Crippen molar-refractivity contribution in [2.24, 2.45) is 0 Å². The standard InChI is InChI=1S/C12H18N2O2S/c1-3-14-12(16)9-4-5-11(10(13)6-9)17-8(2)7-15/h4-6,8,15H,3,7,13H2,1-2H3,(H,14,16). The minimum Gasteiger partial charge on any atom is -0.398 e. The molecule has 4 N–H and O–H groups in total. The molecule has 0 spiro atoms. The molecule has 1 unspecified atom stereocenters. The van der Waals surface area contributed by atoms with Crippen LogP contribution in [0.3, 0.4) is 0 Å². The van der Waals surface area contributed by atoms with Gasteiger partial charge in [0.05, 0.1) is 6.61 Å². The molecular weight excluding hydrogens is 236 g/mol. The van der Waals surface area contributed by atoms with Crippen LogP contribution in [-0.4, -0.2) is 29.4 Å². The van der Waals surface area contributed by atoms with Gasteiger partial charge in [0.2, 0.25) is 0 Å². The second-order valence-electron chi connectivity index (χ2n) is 3.72. The average Bonchev–Trinajstić information content (AvgIpc) is 2.31. The van der Waals surface area contributed by atoms with Gasteiger partial charge >= 0.3 is 0 Å². The minimum atomic E-state index is -0.119. The molecule has 0 fully saturated rings. The highest BCUT2D eigenvalue weighted by Crippen LogP contribution is 2.29. The van der Waals surface area contributed by atoms with Crippen molar-refractivity contribution in [3.8, 4) is 0 Å². The Morgan fingerprint density at radius 1 is 1.59 bits per heavy atom. The lowest BCUT2D eigenvalue weighted by Gasteiger charge is -2.11. The molecule has 1 atom stereocenters. The summed E-state index contributed by atoms with van der Waals surface area (Å²) >= 11 is 1.50. The first-order chi connectivity index (χ1) is 8.08. The van der Waals surface area contributed by atoms with Crippen molar-refractivity contribution in [1.82, 2.24) is 5.32 Å². The van der Waals surface area contributed by atoms with E-state index in [0.29, 0.717) is 17.8 Å². The van der Waals surface area contributed by atoms with Gasteiger partial charge in [0.25, 0.3) is 5.91 Å². The lowest BCUT2D eigenvalue weighted by molar-refractivity contribution is 0.0956. The fourth-order valence-electron chi connectivity index (χ4n) is 1.31. The Kier molecular flexibility index (Phi) is 5.31. The Bertz CT molecular complexity index is 396. The number of nitrogens with one attached hydrogen (secondary N) is 1. The highest BCUT2D eigenvalue weighted by molar-refractivity contribution is 8.00. The molecule has 94 valence electrons. The molecule has 1 rings (SSSR count). The van der Waals surface area contributed by atoms with E-state index < -0.39 is 0 Å². The van der Waals surface area contributed by atoms with E-state index in [0.717, 1.165) is 4.90 Å². The number of anilines is 1. The van der Waals surface area contributed by atoms with Crippen LogP contribution in [0, 0.1) is 0 Å². The molecule has 5 heteroatoms. The molecule has 0 radical (unpaired) electrons. The summed E-state index contributed by atoms with van der Waals surface area (Å²) in [6.45, 7) is 4.48. The number of carbonyl (C=O) groups excluding carboxylic acids is 1. The molecule has 1 amide bonds. The van der Waals surface area contributed by atoms with Gasteiger partial charge in [-0.2, -0.15) is 0 Å². The lowest BCUT2D eigenvalue weighted by atomic mass is 10.2. The maximum Gasteiger partial charge on any atom is 0.251 e. The predicted octanol–water partition coefficient (Wildman–Crippen LogP) is 1.49. The number of amides is 1. The molecule has 0 aliphatic rings. The van der Waals surface area contributed by atoms with Gasteiger partial charge in [-0.25, -0.2) is 0 Å². The van der Waals surface area contributed by atoms with Gasteiger partial charge in [-0.05, 0) is 25.1 Å². The van der Waals surface area contributed by atoms with Crippen LogP contribution >= 0.6 is 11.8 Å².